The second kappa shape index (κ2) is 7.17. The van der Waals surface area contributed by atoms with Crippen molar-refractivity contribution in [1.82, 2.24) is 4.72 Å². The zero-order valence-electron chi connectivity index (χ0n) is 14.1. The maximum atomic E-state index is 12.6. The van der Waals surface area contributed by atoms with E-state index < -0.39 is 21.5 Å². The smallest absolute Gasteiger partial charge is 0.267 e. The molecule has 2 aliphatic rings. The average Bonchev–Trinajstić information content (AvgIpc) is 3.24. The third-order valence-corrected chi connectivity index (χ3v) is 6.11. The van der Waals surface area contributed by atoms with E-state index in [1.165, 1.54) is 6.07 Å². The molecule has 2 atom stereocenters. The highest BCUT2D eigenvalue weighted by atomic mass is 32.2. The highest BCUT2D eigenvalue weighted by molar-refractivity contribution is 7.90. The van der Waals surface area contributed by atoms with Gasteiger partial charge in [-0.2, -0.15) is 0 Å². The van der Waals surface area contributed by atoms with Crippen LogP contribution < -0.4 is 15.2 Å². The Hall–Kier alpha value is -1.86. The van der Waals surface area contributed by atoms with Gasteiger partial charge in [-0.15, -0.1) is 0 Å². The number of hydrogen-bond donors (Lipinski definition) is 2. The summed E-state index contributed by atoms with van der Waals surface area (Å²) >= 11 is 0. The number of carbonyl (C=O) groups excluding carboxylic acids is 1. The third-order valence-electron chi connectivity index (χ3n) is 4.74. The highest BCUT2D eigenvalue weighted by Crippen LogP contribution is 2.42. The van der Waals surface area contributed by atoms with Crippen molar-refractivity contribution >= 4 is 15.9 Å². The first kappa shape index (κ1) is 17.9. The molecule has 1 heterocycles. The van der Waals surface area contributed by atoms with Crippen LogP contribution in [0, 0.1) is 5.92 Å². The van der Waals surface area contributed by atoms with Crippen molar-refractivity contribution in [3.05, 3.63) is 36.4 Å². The van der Waals surface area contributed by atoms with E-state index in [4.69, 9.17) is 10.5 Å². The van der Waals surface area contributed by atoms with Crippen LogP contribution in [-0.2, 0) is 14.8 Å². The zero-order chi connectivity index (χ0) is 17.9. The minimum Gasteiger partial charge on any atom is -0.492 e. The van der Waals surface area contributed by atoms with Gasteiger partial charge < -0.3 is 10.5 Å². The SMILES string of the molecule is N[C@]12C[C@H]1/C=C\CCCCCCOc1ccccc1S(=O)(=O)NC2=O. The van der Waals surface area contributed by atoms with Gasteiger partial charge >= 0.3 is 0 Å². The van der Waals surface area contributed by atoms with Gasteiger partial charge in [-0.1, -0.05) is 37.1 Å². The van der Waals surface area contributed by atoms with Crippen molar-refractivity contribution in [1.29, 1.82) is 0 Å². The van der Waals surface area contributed by atoms with Gasteiger partial charge in [0.15, 0.2) is 0 Å². The first-order valence-corrected chi connectivity index (χ1v) is 10.2. The first-order chi connectivity index (χ1) is 11.9. The highest BCUT2D eigenvalue weighted by Gasteiger charge is 2.56. The molecule has 3 N–H and O–H groups in total. The van der Waals surface area contributed by atoms with Crippen LogP contribution in [0.2, 0.25) is 0 Å². The molecule has 0 unspecified atom stereocenters. The summed E-state index contributed by atoms with van der Waals surface area (Å²) in [4.78, 5) is 12.4. The molecule has 6 nitrogen and oxygen atoms in total. The minimum absolute atomic E-state index is 0.0354. The van der Waals surface area contributed by atoms with Gasteiger partial charge in [0.25, 0.3) is 15.9 Å². The monoisotopic (exact) mass is 364 g/mol. The van der Waals surface area contributed by atoms with Crippen LogP contribution in [0.15, 0.2) is 41.3 Å². The van der Waals surface area contributed by atoms with Crippen molar-refractivity contribution < 1.29 is 17.9 Å². The number of rotatable bonds is 0. The molecule has 1 aromatic carbocycles. The summed E-state index contributed by atoms with van der Waals surface area (Å²) in [6.07, 6.45) is 9.44. The summed E-state index contributed by atoms with van der Waals surface area (Å²) in [5.74, 6) is -0.514. The zero-order valence-corrected chi connectivity index (χ0v) is 14.9. The van der Waals surface area contributed by atoms with Gasteiger partial charge in [-0.05, 0) is 37.8 Å². The fourth-order valence-electron chi connectivity index (χ4n) is 3.03. The van der Waals surface area contributed by atoms with Crippen molar-refractivity contribution in [2.45, 2.75) is 49.0 Å². The normalized spacial score (nSPS) is 30.9. The number of hydrogen-bond acceptors (Lipinski definition) is 5. The Balaban J connectivity index is 1.85. The van der Waals surface area contributed by atoms with Crippen molar-refractivity contribution in [3.63, 3.8) is 0 Å². The molecular formula is C18H24N2O4S. The number of allylic oxidation sites excluding steroid dienone is 1. The Morgan fingerprint density at radius 3 is 2.76 bits per heavy atom. The van der Waals surface area contributed by atoms with E-state index in [1.54, 1.807) is 18.2 Å². The van der Waals surface area contributed by atoms with Crippen LogP contribution in [-0.4, -0.2) is 26.5 Å². The van der Waals surface area contributed by atoms with Crippen LogP contribution >= 0.6 is 0 Å². The molecule has 1 saturated carbocycles. The van der Waals surface area contributed by atoms with E-state index in [9.17, 15) is 13.2 Å². The Morgan fingerprint density at radius 2 is 1.92 bits per heavy atom. The van der Waals surface area contributed by atoms with Crippen LogP contribution in [0.1, 0.15) is 38.5 Å². The Morgan fingerprint density at radius 1 is 1.16 bits per heavy atom. The molecule has 0 saturated heterocycles. The summed E-state index contributed by atoms with van der Waals surface area (Å²) in [6.45, 7) is 0.444. The second-order valence-electron chi connectivity index (χ2n) is 6.71. The summed E-state index contributed by atoms with van der Waals surface area (Å²) in [5, 5.41) is 0. The summed E-state index contributed by atoms with van der Waals surface area (Å²) in [5.41, 5.74) is 4.94. The number of para-hydroxylation sites is 1. The molecule has 7 heteroatoms. The number of nitrogens with two attached hydrogens (primary N) is 1. The molecule has 1 amide bonds. The number of benzene rings is 1. The van der Waals surface area contributed by atoms with E-state index in [1.807, 2.05) is 12.2 Å². The van der Waals surface area contributed by atoms with E-state index in [0.717, 1.165) is 32.1 Å². The number of fused-ring (bicyclic) bond motifs is 2. The standard InChI is InChI=1S/C18H24N2O4S/c19-18-13-14(18)9-5-3-1-2-4-8-12-24-15-10-6-7-11-16(15)25(22,23)20-17(18)21/h5-7,9-11,14H,1-4,8,12-13,19H2,(H,20,21)/b9-5-/t14-,18-/m1/s1. The van der Waals surface area contributed by atoms with Gasteiger partial charge in [0, 0.05) is 5.92 Å². The summed E-state index contributed by atoms with van der Waals surface area (Å²) in [6, 6.07) is 6.34. The van der Waals surface area contributed by atoms with E-state index in [0.29, 0.717) is 13.0 Å². The lowest BCUT2D eigenvalue weighted by Gasteiger charge is -2.15. The largest absolute Gasteiger partial charge is 0.492 e. The average molecular weight is 364 g/mol. The molecule has 3 rings (SSSR count). The van der Waals surface area contributed by atoms with Gasteiger partial charge in [0.05, 0.1) is 6.61 Å². The molecule has 0 spiro atoms. The van der Waals surface area contributed by atoms with Crippen LogP contribution in [0.5, 0.6) is 5.75 Å². The number of amides is 1. The summed E-state index contributed by atoms with van der Waals surface area (Å²) < 4.78 is 33.0. The summed E-state index contributed by atoms with van der Waals surface area (Å²) in [7, 11) is -4.03. The Bertz CT molecular complexity index is 775. The number of ether oxygens (including phenoxy) is 1. The van der Waals surface area contributed by atoms with Crippen molar-refractivity contribution in [2.24, 2.45) is 11.7 Å². The molecule has 1 aromatic rings. The maximum absolute atomic E-state index is 12.6. The molecule has 1 fully saturated rings. The Kier molecular flexibility index (Phi) is 5.15. The van der Waals surface area contributed by atoms with E-state index >= 15 is 0 Å². The van der Waals surface area contributed by atoms with Crippen LogP contribution in [0.3, 0.4) is 0 Å². The molecule has 25 heavy (non-hydrogen) atoms. The second-order valence-corrected chi connectivity index (χ2v) is 8.36. The number of carbonyl (C=O) groups is 1. The molecule has 0 radical (unpaired) electrons. The molecule has 1 aliphatic carbocycles. The fraction of sp³-hybridized carbons (Fsp3) is 0.500. The maximum Gasteiger partial charge on any atom is 0.267 e. The third kappa shape index (κ3) is 4.04. The van der Waals surface area contributed by atoms with Gasteiger partial charge in [0.1, 0.15) is 16.2 Å². The first-order valence-electron chi connectivity index (χ1n) is 8.68. The minimum atomic E-state index is -4.03. The van der Waals surface area contributed by atoms with Gasteiger partial charge in [-0.25, -0.2) is 13.1 Å². The molecular weight excluding hydrogens is 340 g/mol. The molecule has 1 aliphatic heterocycles. The van der Waals surface area contributed by atoms with Crippen LogP contribution in [0.4, 0.5) is 0 Å². The predicted molar refractivity (Wildman–Crippen MR) is 94.5 cm³/mol. The van der Waals surface area contributed by atoms with E-state index in [-0.39, 0.29) is 16.6 Å². The molecule has 0 bridgehead atoms. The quantitative estimate of drug-likeness (QED) is 0.687. The lowest BCUT2D eigenvalue weighted by Crippen LogP contribution is -2.46. The van der Waals surface area contributed by atoms with Gasteiger partial charge in [-0.3, -0.25) is 4.79 Å². The fourth-order valence-corrected chi connectivity index (χ4v) is 4.22. The van der Waals surface area contributed by atoms with Crippen LogP contribution in [0.25, 0.3) is 0 Å². The predicted octanol–water partition coefficient (Wildman–Crippen LogP) is 2.11. The van der Waals surface area contributed by atoms with Crippen molar-refractivity contribution in [2.75, 3.05) is 6.61 Å². The topological polar surface area (TPSA) is 98.5 Å². The molecule has 0 aromatic heterocycles. The lowest BCUT2D eigenvalue weighted by molar-refractivity contribution is -0.121. The number of nitrogens with one attached hydrogen (secondary N) is 1. The van der Waals surface area contributed by atoms with Crippen molar-refractivity contribution in [3.8, 4) is 5.75 Å². The van der Waals surface area contributed by atoms with E-state index in [2.05, 4.69) is 4.72 Å². The lowest BCUT2D eigenvalue weighted by atomic mass is 10.1. The molecule has 136 valence electrons. The Labute approximate surface area is 148 Å². The number of sulfonamides is 1. The van der Waals surface area contributed by atoms with Gasteiger partial charge in [0.2, 0.25) is 0 Å².